The van der Waals surface area contributed by atoms with Gasteiger partial charge in [0.1, 0.15) is 5.36 Å². The highest BCUT2D eigenvalue weighted by Gasteiger charge is 2.23. The number of aromatic amines is 1. The smallest absolute Gasteiger partial charge is 0.339 e. The third-order valence-corrected chi connectivity index (χ3v) is 2.49. The van der Waals surface area contributed by atoms with Gasteiger partial charge in [0, 0.05) is 18.5 Å². The molecule has 0 fully saturated rings. The molecule has 20 heavy (non-hydrogen) atoms. The maximum atomic E-state index is 11.2. The van der Waals surface area contributed by atoms with Crippen molar-refractivity contribution in [1.29, 1.82) is 0 Å². The summed E-state index contributed by atoms with van der Waals surface area (Å²) in [4.78, 5) is 49.9. The quantitative estimate of drug-likeness (QED) is 0.408. The number of amides is 2. The second-order valence-electron chi connectivity index (χ2n) is 3.73. The fraction of sp³-hybridized carbons (Fsp3) is 0. The predicted molar refractivity (Wildman–Crippen MR) is 60.8 cm³/mol. The number of imidazole rings is 1. The lowest BCUT2D eigenvalue weighted by atomic mass is 10.2. The molecule has 3 rings (SSSR count). The van der Waals surface area contributed by atoms with Crippen LogP contribution in [0.4, 0.5) is 5.69 Å². The lowest BCUT2D eigenvalue weighted by Crippen LogP contribution is -2.37. The number of pyridine rings is 1. The van der Waals surface area contributed by atoms with Gasteiger partial charge in [-0.1, -0.05) is 0 Å². The Morgan fingerprint density at radius 3 is 2.60 bits per heavy atom. The average molecular weight is 272 g/mol. The average Bonchev–Trinajstić information content (AvgIpc) is 2.92. The van der Waals surface area contributed by atoms with Crippen molar-refractivity contribution in [2.24, 2.45) is 9.98 Å². The van der Waals surface area contributed by atoms with Gasteiger partial charge in [0.05, 0.1) is 4.92 Å². The van der Waals surface area contributed by atoms with Crippen LogP contribution in [-0.2, 0) is 9.59 Å². The van der Waals surface area contributed by atoms with E-state index in [2.05, 4.69) is 24.9 Å². The Morgan fingerprint density at radius 2 is 1.95 bits per heavy atom. The highest BCUT2D eigenvalue weighted by atomic mass is 16.6. The van der Waals surface area contributed by atoms with E-state index in [4.69, 9.17) is 0 Å². The number of aromatic nitrogens is 3. The predicted octanol–water partition coefficient (Wildman–Crippen LogP) is -1.31. The van der Waals surface area contributed by atoms with Gasteiger partial charge in [0.25, 0.3) is 0 Å². The SMILES string of the molecule is O=C1N=c2cc([N+](=O)[O-])c(-c3ncc[nH]3)nc2=NC1=O. The molecule has 0 unspecified atom stereocenters. The van der Waals surface area contributed by atoms with E-state index >= 15 is 0 Å². The zero-order chi connectivity index (χ0) is 14.3. The minimum Gasteiger partial charge on any atom is -0.343 e. The minimum absolute atomic E-state index is 0.0835. The molecule has 0 aromatic carbocycles. The molecule has 98 valence electrons. The first-order chi connectivity index (χ1) is 9.56. The molecule has 10 heteroatoms. The van der Waals surface area contributed by atoms with E-state index in [-0.39, 0.29) is 28.1 Å². The maximum Gasteiger partial charge on any atom is 0.339 e. The fourth-order valence-electron chi connectivity index (χ4n) is 1.66. The Labute approximate surface area is 109 Å². The second kappa shape index (κ2) is 4.12. The number of H-pyrrole nitrogens is 1. The van der Waals surface area contributed by atoms with Crippen molar-refractivity contribution in [3.8, 4) is 11.5 Å². The Morgan fingerprint density at radius 1 is 1.20 bits per heavy atom. The highest BCUT2D eigenvalue weighted by Crippen LogP contribution is 2.21. The van der Waals surface area contributed by atoms with Crippen LogP contribution in [0.15, 0.2) is 28.4 Å². The van der Waals surface area contributed by atoms with E-state index in [0.29, 0.717) is 0 Å². The van der Waals surface area contributed by atoms with Crippen molar-refractivity contribution < 1.29 is 14.5 Å². The van der Waals surface area contributed by atoms with Crippen molar-refractivity contribution in [1.82, 2.24) is 15.0 Å². The van der Waals surface area contributed by atoms with Gasteiger partial charge in [-0.25, -0.2) is 15.0 Å². The number of rotatable bonds is 2. The van der Waals surface area contributed by atoms with E-state index in [1.165, 1.54) is 12.4 Å². The minimum atomic E-state index is -1.08. The Balaban J connectivity index is 2.38. The van der Waals surface area contributed by atoms with Gasteiger partial charge in [-0.05, 0) is 0 Å². The summed E-state index contributed by atoms with van der Waals surface area (Å²) in [5.41, 5.74) is -0.619. The van der Waals surface area contributed by atoms with Gasteiger partial charge in [0.2, 0.25) is 0 Å². The molecule has 1 N–H and O–H groups in total. The molecule has 0 aliphatic carbocycles. The van der Waals surface area contributed by atoms with Crippen LogP contribution in [0.2, 0.25) is 0 Å². The van der Waals surface area contributed by atoms with Crippen LogP contribution in [0.25, 0.3) is 11.5 Å². The standard InChI is InChI=1S/C10H4N6O4/c17-9-10(18)15-7-4(13-9)3-5(16(19)20)6(14-7)8-11-1-2-12-8/h1-3H,(H,11,12). The summed E-state index contributed by atoms with van der Waals surface area (Å²) in [5, 5.41) is 10.9. The number of fused-ring (bicyclic) bond motifs is 1. The third kappa shape index (κ3) is 1.75. The highest BCUT2D eigenvalue weighted by molar-refractivity contribution is 6.36. The van der Waals surface area contributed by atoms with Crippen LogP contribution < -0.4 is 10.8 Å². The molecule has 0 saturated carbocycles. The molecule has 0 radical (unpaired) electrons. The Kier molecular flexibility index (Phi) is 2.42. The molecular weight excluding hydrogens is 268 g/mol. The molecule has 0 atom stereocenters. The molecule has 2 aromatic rings. The number of hydrogen-bond donors (Lipinski definition) is 1. The second-order valence-corrected chi connectivity index (χ2v) is 3.73. The number of carbonyl (C=O) groups excluding carboxylic acids is 2. The van der Waals surface area contributed by atoms with Gasteiger partial charge in [-0.15, -0.1) is 0 Å². The van der Waals surface area contributed by atoms with E-state index in [1.54, 1.807) is 0 Å². The zero-order valence-electron chi connectivity index (χ0n) is 9.60. The Bertz CT molecular complexity index is 870. The van der Waals surface area contributed by atoms with Crippen molar-refractivity contribution in [2.75, 3.05) is 0 Å². The zero-order valence-corrected chi connectivity index (χ0v) is 9.60. The topological polar surface area (TPSA) is 144 Å². The van der Waals surface area contributed by atoms with Crippen molar-refractivity contribution in [2.45, 2.75) is 0 Å². The normalized spacial score (nSPS) is 13.4. The molecule has 3 heterocycles. The van der Waals surface area contributed by atoms with Crippen LogP contribution in [0, 0.1) is 10.1 Å². The fourth-order valence-corrected chi connectivity index (χ4v) is 1.66. The lowest BCUT2D eigenvalue weighted by Gasteiger charge is -2.01. The Hall–Kier alpha value is -3.30. The van der Waals surface area contributed by atoms with Crippen molar-refractivity contribution in [3.05, 3.63) is 39.4 Å². The molecule has 0 saturated heterocycles. The summed E-state index contributed by atoms with van der Waals surface area (Å²) < 4.78 is 0. The summed E-state index contributed by atoms with van der Waals surface area (Å²) in [5.74, 6) is -2.00. The summed E-state index contributed by atoms with van der Waals surface area (Å²) in [6, 6.07) is 1.04. The molecule has 1 aliphatic rings. The first-order valence-corrected chi connectivity index (χ1v) is 5.27. The molecular formula is C10H4N6O4. The monoisotopic (exact) mass is 272 g/mol. The van der Waals surface area contributed by atoms with Gasteiger partial charge < -0.3 is 4.98 Å². The summed E-state index contributed by atoms with van der Waals surface area (Å²) in [6.45, 7) is 0. The van der Waals surface area contributed by atoms with Crippen molar-refractivity contribution >= 4 is 17.5 Å². The lowest BCUT2D eigenvalue weighted by molar-refractivity contribution is -0.384. The molecule has 2 aromatic heterocycles. The van der Waals surface area contributed by atoms with Crippen LogP contribution in [0.5, 0.6) is 0 Å². The van der Waals surface area contributed by atoms with Crippen LogP contribution in [0.3, 0.4) is 0 Å². The summed E-state index contributed by atoms with van der Waals surface area (Å²) in [6.07, 6.45) is 2.87. The molecule has 1 aliphatic heterocycles. The summed E-state index contributed by atoms with van der Waals surface area (Å²) >= 11 is 0. The number of nitrogens with one attached hydrogen (secondary N) is 1. The molecule has 0 bridgehead atoms. The number of hydrogen-bond acceptors (Lipinski definition) is 6. The van der Waals surface area contributed by atoms with Crippen LogP contribution >= 0.6 is 0 Å². The maximum absolute atomic E-state index is 11.2. The molecule has 2 amide bonds. The number of nitrogens with zero attached hydrogens (tertiary/aromatic N) is 5. The van der Waals surface area contributed by atoms with Gasteiger partial charge in [0.15, 0.2) is 17.0 Å². The summed E-state index contributed by atoms with van der Waals surface area (Å²) in [7, 11) is 0. The van der Waals surface area contributed by atoms with Crippen molar-refractivity contribution in [3.63, 3.8) is 0 Å². The first kappa shape index (κ1) is 11.8. The largest absolute Gasteiger partial charge is 0.343 e. The van der Waals surface area contributed by atoms with E-state index in [1.807, 2.05) is 0 Å². The van der Waals surface area contributed by atoms with Gasteiger partial charge in [-0.3, -0.25) is 19.7 Å². The molecule has 0 spiro atoms. The van der Waals surface area contributed by atoms with Gasteiger partial charge >= 0.3 is 17.5 Å². The van der Waals surface area contributed by atoms with E-state index < -0.39 is 16.7 Å². The van der Waals surface area contributed by atoms with Crippen LogP contribution in [0.1, 0.15) is 0 Å². The van der Waals surface area contributed by atoms with Crippen LogP contribution in [-0.4, -0.2) is 31.7 Å². The van der Waals surface area contributed by atoms with E-state index in [9.17, 15) is 19.7 Å². The number of carbonyl (C=O) groups is 2. The molecule has 10 nitrogen and oxygen atoms in total. The van der Waals surface area contributed by atoms with E-state index in [0.717, 1.165) is 6.07 Å². The van der Waals surface area contributed by atoms with Gasteiger partial charge in [-0.2, -0.15) is 4.99 Å². The first-order valence-electron chi connectivity index (χ1n) is 5.27. The number of nitro groups is 1. The third-order valence-electron chi connectivity index (χ3n) is 2.49.